The standard InChI is InChI=1S/C11H10F2N2O/c1-2-11(16)15-10(6-14)8-4-3-7(12)5-9(8)13/h3-5,10H,2H2,1H3,(H,15,16)/t10-/m1/s1. The van der Waals surface area contributed by atoms with E-state index in [9.17, 15) is 13.6 Å². The minimum absolute atomic E-state index is 0.0364. The maximum absolute atomic E-state index is 13.3. The van der Waals surface area contributed by atoms with Crippen molar-refractivity contribution in [2.24, 2.45) is 0 Å². The number of halogens is 2. The first-order valence-corrected chi connectivity index (χ1v) is 4.72. The molecule has 3 nitrogen and oxygen atoms in total. The van der Waals surface area contributed by atoms with E-state index in [4.69, 9.17) is 5.26 Å². The summed E-state index contributed by atoms with van der Waals surface area (Å²) >= 11 is 0. The fraction of sp³-hybridized carbons (Fsp3) is 0.273. The van der Waals surface area contributed by atoms with Gasteiger partial charge in [-0.15, -0.1) is 0 Å². The van der Waals surface area contributed by atoms with Gasteiger partial charge in [0, 0.05) is 18.1 Å². The molecule has 0 fully saturated rings. The van der Waals surface area contributed by atoms with Crippen molar-refractivity contribution in [1.29, 1.82) is 5.26 Å². The van der Waals surface area contributed by atoms with Crippen LogP contribution in [0.4, 0.5) is 8.78 Å². The Hall–Kier alpha value is -1.96. The van der Waals surface area contributed by atoms with Gasteiger partial charge < -0.3 is 5.32 Å². The molecule has 0 aliphatic carbocycles. The Morgan fingerprint density at radius 2 is 2.25 bits per heavy atom. The van der Waals surface area contributed by atoms with E-state index in [0.717, 1.165) is 12.1 Å². The molecule has 0 aromatic heterocycles. The van der Waals surface area contributed by atoms with Gasteiger partial charge in [0.15, 0.2) is 0 Å². The van der Waals surface area contributed by atoms with Gasteiger partial charge in [0.25, 0.3) is 0 Å². The van der Waals surface area contributed by atoms with Crippen LogP contribution in [0.5, 0.6) is 0 Å². The lowest BCUT2D eigenvalue weighted by atomic mass is 10.1. The minimum Gasteiger partial charge on any atom is -0.337 e. The van der Waals surface area contributed by atoms with E-state index < -0.39 is 17.7 Å². The van der Waals surface area contributed by atoms with Crippen LogP contribution in [0.1, 0.15) is 24.9 Å². The molecule has 0 bridgehead atoms. The van der Waals surface area contributed by atoms with Gasteiger partial charge in [-0.1, -0.05) is 13.0 Å². The van der Waals surface area contributed by atoms with Crippen LogP contribution >= 0.6 is 0 Å². The summed E-state index contributed by atoms with van der Waals surface area (Å²) in [7, 11) is 0. The minimum atomic E-state index is -1.09. The summed E-state index contributed by atoms with van der Waals surface area (Å²) in [5, 5.41) is 11.1. The van der Waals surface area contributed by atoms with Crippen LogP contribution in [0, 0.1) is 23.0 Å². The fourth-order valence-corrected chi connectivity index (χ4v) is 1.18. The normalized spacial score (nSPS) is 11.6. The SMILES string of the molecule is CCC(=O)N[C@H](C#N)c1ccc(F)cc1F. The maximum Gasteiger partial charge on any atom is 0.221 e. The molecule has 84 valence electrons. The van der Waals surface area contributed by atoms with Crippen LogP contribution in [-0.4, -0.2) is 5.91 Å². The highest BCUT2D eigenvalue weighted by molar-refractivity contribution is 5.76. The summed E-state index contributed by atoms with van der Waals surface area (Å²) in [5.41, 5.74) is -0.0364. The highest BCUT2D eigenvalue weighted by atomic mass is 19.1. The van der Waals surface area contributed by atoms with Crippen molar-refractivity contribution in [3.8, 4) is 6.07 Å². The number of benzene rings is 1. The average molecular weight is 224 g/mol. The van der Waals surface area contributed by atoms with Crippen molar-refractivity contribution in [2.45, 2.75) is 19.4 Å². The van der Waals surface area contributed by atoms with Gasteiger partial charge in [0.2, 0.25) is 5.91 Å². The monoisotopic (exact) mass is 224 g/mol. The molecule has 0 saturated heterocycles. The van der Waals surface area contributed by atoms with E-state index in [0.29, 0.717) is 6.07 Å². The molecule has 0 unspecified atom stereocenters. The Labute approximate surface area is 91.7 Å². The van der Waals surface area contributed by atoms with Gasteiger partial charge in [-0.05, 0) is 6.07 Å². The topological polar surface area (TPSA) is 52.9 Å². The van der Waals surface area contributed by atoms with Crippen LogP contribution in [0.2, 0.25) is 0 Å². The summed E-state index contributed by atoms with van der Waals surface area (Å²) in [6, 6.07) is 3.53. The molecule has 0 aliphatic rings. The number of carbonyl (C=O) groups is 1. The predicted octanol–water partition coefficient (Wildman–Crippen LogP) is 2.06. The second kappa shape index (κ2) is 5.21. The molecule has 0 saturated carbocycles. The van der Waals surface area contributed by atoms with Crippen LogP contribution in [-0.2, 0) is 4.79 Å². The van der Waals surface area contributed by atoms with Crippen molar-refractivity contribution in [3.05, 3.63) is 35.4 Å². The first kappa shape index (κ1) is 12.1. The van der Waals surface area contributed by atoms with Gasteiger partial charge in [-0.2, -0.15) is 5.26 Å². The Morgan fingerprint density at radius 3 is 2.75 bits per heavy atom. The summed E-state index contributed by atoms with van der Waals surface area (Å²) in [4.78, 5) is 11.1. The van der Waals surface area contributed by atoms with E-state index in [1.54, 1.807) is 13.0 Å². The molecule has 0 aliphatic heterocycles. The van der Waals surface area contributed by atoms with Gasteiger partial charge in [0.1, 0.15) is 17.7 Å². The Kier molecular flexibility index (Phi) is 3.95. The molecule has 1 aromatic rings. The number of nitrogens with zero attached hydrogens (tertiary/aromatic N) is 1. The van der Waals surface area contributed by atoms with Gasteiger partial charge in [-0.3, -0.25) is 4.79 Å². The molecular formula is C11H10F2N2O. The number of carbonyl (C=O) groups excluding carboxylic acids is 1. The predicted molar refractivity (Wildman–Crippen MR) is 53.1 cm³/mol. The summed E-state index contributed by atoms with van der Waals surface area (Å²) in [5.74, 6) is -1.93. The highest BCUT2D eigenvalue weighted by Gasteiger charge is 2.17. The van der Waals surface area contributed by atoms with Gasteiger partial charge in [0.05, 0.1) is 6.07 Å². The molecular weight excluding hydrogens is 214 g/mol. The van der Waals surface area contributed by atoms with Crippen molar-refractivity contribution >= 4 is 5.91 Å². The van der Waals surface area contributed by atoms with E-state index in [1.807, 2.05) is 0 Å². The quantitative estimate of drug-likeness (QED) is 0.854. The molecule has 0 radical (unpaired) electrons. The number of hydrogen-bond acceptors (Lipinski definition) is 2. The third kappa shape index (κ3) is 2.76. The summed E-state index contributed by atoms with van der Waals surface area (Å²) in [6.07, 6.45) is 0.195. The maximum atomic E-state index is 13.3. The van der Waals surface area contributed by atoms with Gasteiger partial charge >= 0.3 is 0 Å². The Bertz CT molecular complexity index is 440. The fourth-order valence-electron chi connectivity index (χ4n) is 1.18. The lowest BCUT2D eigenvalue weighted by Crippen LogP contribution is -2.27. The first-order chi connectivity index (χ1) is 7.58. The number of rotatable bonds is 3. The Balaban J connectivity index is 2.96. The molecule has 1 rings (SSSR count). The third-order valence-electron chi connectivity index (χ3n) is 2.03. The highest BCUT2D eigenvalue weighted by Crippen LogP contribution is 2.17. The number of hydrogen-bond donors (Lipinski definition) is 1. The van der Waals surface area contributed by atoms with Crippen LogP contribution < -0.4 is 5.32 Å². The van der Waals surface area contributed by atoms with E-state index in [2.05, 4.69) is 5.32 Å². The molecule has 1 atom stereocenters. The van der Waals surface area contributed by atoms with Crippen LogP contribution in [0.15, 0.2) is 18.2 Å². The number of amides is 1. The second-order valence-corrected chi connectivity index (χ2v) is 3.15. The molecule has 0 spiro atoms. The van der Waals surface area contributed by atoms with E-state index >= 15 is 0 Å². The molecule has 0 heterocycles. The largest absolute Gasteiger partial charge is 0.337 e. The first-order valence-electron chi connectivity index (χ1n) is 4.72. The lowest BCUT2D eigenvalue weighted by Gasteiger charge is -2.11. The number of nitriles is 1. The van der Waals surface area contributed by atoms with Gasteiger partial charge in [-0.25, -0.2) is 8.78 Å². The second-order valence-electron chi connectivity index (χ2n) is 3.15. The lowest BCUT2D eigenvalue weighted by molar-refractivity contribution is -0.121. The van der Waals surface area contributed by atoms with Crippen molar-refractivity contribution in [2.75, 3.05) is 0 Å². The van der Waals surface area contributed by atoms with E-state index in [1.165, 1.54) is 0 Å². The van der Waals surface area contributed by atoms with Crippen molar-refractivity contribution < 1.29 is 13.6 Å². The zero-order chi connectivity index (χ0) is 12.1. The average Bonchev–Trinajstić information content (AvgIpc) is 2.26. The van der Waals surface area contributed by atoms with Crippen molar-refractivity contribution in [3.63, 3.8) is 0 Å². The van der Waals surface area contributed by atoms with Crippen LogP contribution in [0.25, 0.3) is 0 Å². The van der Waals surface area contributed by atoms with Crippen molar-refractivity contribution in [1.82, 2.24) is 5.32 Å². The zero-order valence-corrected chi connectivity index (χ0v) is 8.63. The molecule has 1 aromatic carbocycles. The van der Waals surface area contributed by atoms with E-state index in [-0.39, 0.29) is 17.9 Å². The molecule has 16 heavy (non-hydrogen) atoms. The molecule has 1 N–H and O–H groups in total. The van der Waals surface area contributed by atoms with Crippen LogP contribution in [0.3, 0.4) is 0 Å². The smallest absolute Gasteiger partial charge is 0.221 e. The summed E-state index contributed by atoms with van der Waals surface area (Å²) in [6.45, 7) is 1.62. The third-order valence-corrected chi connectivity index (χ3v) is 2.03. The molecule has 1 amide bonds. The molecule has 5 heteroatoms. The Morgan fingerprint density at radius 1 is 1.56 bits per heavy atom. The zero-order valence-electron chi connectivity index (χ0n) is 8.63. The number of nitrogens with one attached hydrogen (secondary N) is 1. The summed E-state index contributed by atoms with van der Waals surface area (Å²) < 4.78 is 25.9.